The van der Waals surface area contributed by atoms with Gasteiger partial charge in [0.25, 0.3) is 0 Å². The van der Waals surface area contributed by atoms with Gasteiger partial charge in [-0.15, -0.1) is 0 Å². The first kappa shape index (κ1) is 15.5. The lowest BCUT2D eigenvalue weighted by Gasteiger charge is -2.38. The van der Waals surface area contributed by atoms with Gasteiger partial charge in [0.2, 0.25) is 0 Å². The van der Waals surface area contributed by atoms with E-state index >= 15 is 0 Å². The Morgan fingerprint density at radius 2 is 1.85 bits per heavy atom. The molecule has 112 valence electrons. The van der Waals surface area contributed by atoms with Gasteiger partial charge < -0.3 is 5.32 Å². The summed E-state index contributed by atoms with van der Waals surface area (Å²) >= 11 is 0. The third-order valence-corrected chi connectivity index (χ3v) is 4.16. The Kier molecular flexibility index (Phi) is 5.62. The molecular formula is C18H30N2. The van der Waals surface area contributed by atoms with E-state index in [-0.39, 0.29) is 0 Å². The predicted molar refractivity (Wildman–Crippen MR) is 86.7 cm³/mol. The van der Waals surface area contributed by atoms with Crippen molar-refractivity contribution >= 4 is 0 Å². The Labute approximate surface area is 124 Å². The summed E-state index contributed by atoms with van der Waals surface area (Å²) in [5.74, 6) is 0. The minimum atomic E-state index is 0.488. The highest BCUT2D eigenvalue weighted by molar-refractivity contribution is 5.22. The van der Waals surface area contributed by atoms with Crippen LogP contribution in [0, 0.1) is 5.41 Å². The maximum absolute atomic E-state index is 3.45. The van der Waals surface area contributed by atoms with Gasteiger partial charge in [0.1, 0.15) is 0 Å². The van der Waals surface area contributed by atoms with Gasteiger partial charge in [-0.1, -0.05) is 45.0 Å². The third-order valence-electron chi connectivity index (χ3n) is 4.16. The summed E-state index contributed by atoms with van der Waals surface area (Å²) in [6.45, 7) is 12.7. The number of likely N-dealkylation sites (tertiary alicyclic amines) is 1. The van der Waals surface area contributed by atoms with Gasteiger partial charge in [-0.2, -0.15) is 0 Å². The summed E-state index contributed by atoms with van der Waals surface area (Å²) in [4.78, 5) is 2.60. The highest BCUT2D eigenvalue weighted by Crippen LogP contribution is 2.29. The first-order valence-electron chi connectivity index (χ1n) is 8.10. The number of rotatable bonds is 6. The second-order valence-corrected chi connectivity index (χ2v) is 6.97. The van der Waals surface area contributed by atoms with Crippen molar-refractivity contribution in [1.82, 2.24) is 10.2 Å². The SMILES string of the molecule is CCCNCc1ccc(CN2CCCC(C)(C)C2)cc1. The Bertz CT molecular complexity index is 394. The molecule has 1 saturated heterocycles. The zero-order valence-corrected chi connectivity index (χ0v) is 13.4. The van der Waals surface area contributed by atoms with E-state index in [0.717, 1.165) is 19.6 Å². The minimum Gasteiger partial charge on any atom is -0.313 e. The molecule has 0 aromatic heterocycles. The molecule has 20 heavy (non-hydrogen) atoms. The van der Waals surface area contributed by atoms with E-state index < -0.39 is 0 Å². The Hall–Kier alpha value is -0.860. The number of benzene rings is 1. The van der Waals surface area contributed by atoms with Crippen LogP contribution in [0.3, 0.4) is 0 Å². The van der Waals surface area contributed by atoms with Gasteiger partial charge in [0, 0.05) is 19.6 Å². The molecule has 2 nitrogen and oxygen atoms in total. The van der Waals surface area contributed by atoms with Crippen molar-refractivity contribution < 1.29 is 0 Å². The molecule has 0 amide bonds. The van der Waals surface area contributed by atoms with E-state index in [0.29, 0.717) is 5.41 Å². The normalized spacial score (nSPS) is 19.1. The smallest absolute Gasteiger partial charge is 0.0233 e. The molecule has 0 radical (unpaired) electrons. The maximum atomic E-state index is 3.45. The topological polar surface area (TPSA) is 15.3 Å². The van der Waals surface area contributed by atoms with Gasteiger partial charge in [0.05, 0.1) is 0 Å². The van der Waals surface area contributed by atoms with Crippen LogP contribution >= 0.6 is 0 Å². The largest absolute Gasteiger partial charge is 0.313 e. The molecule has 0 atom stereocenters. The van der Waals surface area contributed by atoms with Crippen LogP contribution in [0.1, 0.15) is 51.2 Å². The predicted octanol–water partition coefficient (Wildman–Crippen LogP) is 3.81. The zero-order valence-electron chi connectivity index (χ0n) is 13.4. The molecular weight excluding hydrogens is 244 g/mol. The van der Waals surface area contributed by atoms with E-state index in [9.17, 15) is 0 Å². The third kappa shape index (κ3) is 4.92. The first-order chi connectivity index (χ1) is 9.59. The summed E-state index contributed by atoms with van der Waals surface area (Å²) in [6.07, 6.45) is 3.90. The van der Waals surface area contributed by atoms with Crippen LogP contribution in [0.4, 0.5) is 0 Å². The highest BCUT2D eigenvalue weighted by atomic mass is 15.1. The fraction of sp³-hybridized carbons (Fsp3) is 0.667. The van der Waals surface area contributed by atoms with E-state index in [1.807, 2.05) is 0 Å². The second kappa shape index (κ2) is 7.24. The Morgan fingerprint density at radius 1 is 1.15 bits per heavy atom. The summed E-state index contributed by atoms with van der Waals surface area (Å²) in [5, 5.41) is 3.45. The molecule has 1 aliphatic heterocycles. The van der Waals surface area contributed by atoms with Crippen molar-refractivity contribution in [2.75, 3.05) is 19.6 Å². The number of nitrogens with zero attached hydrogens (tertiary/aromatic N) is 1. The summed E-state index contributed by atoms with van der Waals surface area (Å²) in [7, 11) is 0. The van der Waals surface area contributed by atoms with Crippen LogP contribution < -0.4 is 5.32 Å². The minimum absolute atomic E-state index is 0.488. The van der Waals surface area contributed by atoms with Crippen molar-refractivity contribution in [2.45, 2.75) is 53.1 Å². The van der Waals surface area contributed by atoms with Gasteiger partial charge in [0.15, 0.2) is 0 Å². The quantitative estimate of drug-likeness (QED) is 0.794. The lowest BCUT2D eigenvalue weighted by Crippen LogP contribution is -2.39. The molecule has 0 unspecified atom stereocenters. The van der Waals surface area contributed by atoms with Crippen LogP contribution in [0.5, 0.6) is 0 Å². The van der Waals surface area contributed by atoms with Crippen LogP contribution in [-0.2, 0) is 13.1 Å². The molecule has 1 heterocycles. The van der Waals surface area contributed by atoms with Crippen molar-refractivity contribution in [3.8, 4) is 0 Å². The summed E-state index contributed by atoms with van der Waals surface area (Å²) in [5.41, 5.74) is 3.32. The Morgan fingerprint density at radius 3 is 2.50 bits per heavy atom. The molecule has 1 aromatic rings. The van der Waals surface area contributed by atoms with E-state index in [4.69, 9.17) is 0 Å². The van der Waals surface area contributed by atoms with Crippen molar-refractivity contribution in [3.63, 3.8) is 0 Å². The second-order valence-electron chi connectivity index (χ2n) is 6.97. The highest BCUT2D eigenvalue weighted by Gasteiger charge is 2.25. The van der Waals surface area contributed by atoms with Gasteiger partial charge in [-0.25, -0.2) is 0 Å². The fourth-order valence-electron chi connectivity index (χ4n) is 3.11. The molecule has 2 heteroatoms. The lowest BCUT2D eigenvalue weighted by molar-refractivity contribution is 0.111. The molecule has 0 bridgehead atoms. The average Bonchev–Trinajstić information content (AvgIpc) is 2.40. The number of hydrogen-bond acceptors (Lipinski definition) is 2. The number of piperidine rings is 1. The van der Waals surface area contributed by atoms with Crippen molar-refractivity contribution in [3.05, 3.63) is 35.4 Å². The maximum Gasteiger partial charge on any atom is 0.0233 e. The van der Waals surface area contributed by atoms with Gasteiger partial charge >= 0.3 is 0 Å². The monoisotopic (exact) mass is 274 g/mol. The van der Waals surface area contributed by atoms with Gasteiger partial charge in [-0.3, -0.25) is 4.90 Å². The van der Waals surface area contributed by atoms with Crippen LogP contribution in [0.2, 0.25) is 0 Å². The molecule has 0 spiro atoms. The summed E-state index contributed by atoms with van der Waals surface area (Å²) < 4.78 is 0. The molecule has 1 aromatic carbocycles. The molecule has 0 aliphatic carbocycles. The first-order valence-corrected chi connectivity index (χ1v) is 8.10. The van der Waals surface area contributed by atoms with E-state index in [2.05, 4.69) is 55.3 Å². The molecule has 2 rings (SSSR count). The lowest BCUT2D eigenvalue weighted by atomic mass is 9.84. The zero-order chi connectivity index (χ0) is 14.4. The molecule has 1 fully saturated rings. The summed E-state index contributed by atoms with van der Waals surface area (Å²) in [6, 6.07) is 9.13. The average molecular weight is 274 g/mol. The molecule has 0 saturated carbocycles. The Balaban J connectivity index is 1.84. The van der Waals surface area contributed by atoms with Crippen molar-refractivity contribution in [1.29, 1.82) is 0 Å². The van der Waals surface area contributed by atoms with Crippen LogP contribution in [0.15, 0.2) is 24.3 Å². The number of hydrogen-bond donors (Lipinski definition) is 1. The molecule has 1 N–H and O–H groups in total. The molecule has 1 aliphatic rings. The van der Waals surface area contributed by atoms with Crippen LogP contribution in [0.25, 0.3) is 0 Å². The standard InChI is InChI=1S/C18H30N2/c1-4-11-19-13-16-6-8-17(9-7-16)14-20-12-5-10-18(2,3)15-20/h6-9,19H,4-5,10-15H2,1-3H3. The van der Waals surface area contributed by atoms with Crippen molar-refractivity contribution in [2.24, 2.45) is 5.41 Å². The fourth-order valence-corrected chi connectivity index (χ4v) is 3.11. The number of nitrogens with one attached hydrogen (secondary N) is 1. The van der Waals surface area contributed by atoms with E-state index in [1.54, 1.807) is 0 Å². The van der Waals surface area contributed by atoms with Gasteiger partial charge in [-0.05, 0) is 48.9 Å². The van der Waals surface area contributed by atoms with Crippen LogP contribution in [-0.4, -0.2) is 24.5 Å². The van der Waals surface area contributed by atoms with E-state index in [1.165, 1.54) is 43.5 Å².